The Bertz CT molecular complexity index is 990. The molecule has 2 N–H and O–H groups in total. The van der Waals surface area contributed by atoms with E-state index >= 15 is 0 Å². The van der Waals surface area contributed by atoms with Crippen LogP contribution in [0.2, 0.25) is 0 Å². The highest BCUT2D eigenvalue weighted by atomic mass is 16.5. The first kappa shape index (κ1) is 19.2. The molecule has 6 nitrogen and oxygen atoms in total. The van der Waals surface area contributed by atoms with E-state index in [0.29, 0.717) is 17.1 Å². The molecule has 0 spiro atoms. The monoisotopic (exact) mass is 378 g/mol. The molecule has 0 radical (unpaired) electrons. The van der Waals surface area contributed by atoms with Gasteiger partial charge in [-0.15, -0.1) is 0 Å². The Morgan fingerprint density at radius 2 is 1.71 bits per heavy atom. The van der Waals surface area contributed by atoms with Crippen LogP contribution >= 0.6 is 0 Å². The van der Waals surface area contributed by atoms with Crippen LogP contribution in [0.4, 0.5) is 5.69 Å². The van der Waals surface area contributed by atoms with Crippen molar-refractivity contribution in [1.82, 2.24) is 5.32 Å². The van der Waals surface area contributed by atoms with E-state index in [-0.39, 0.29) is 24.1 Å². The fraction of sp³-hybridized carbons (Fsp3) is 0.182. The molecule has 3 aromatic rings. The van der Waals surface area contributed by atoms with Gasteiger partial charge in [-0.2, -0.15) is 0 Å². The van der Waals surface area contributed by atoms with Crippen molar-refractivity contribution in [1.29, 1.82) is 0 Å². The van der Waals surface area contributed by atoms with Gasteiger partial charge in [0.2, 0.25) is 0 Å². The SMILES string of the molecule is COc1ccc(C(=O)NCc2ccc(C(=O)Nc3cc(C)ccc3C)o2)cc1. The van der Waals surface area contributed by atoms with Crippen LogP contribution in [0.25, 0.3) is 0 Å². The molecule has 6 heteroatoms. The van der Waals surface area contributed by atoms with Gasteiger partial charge in [-0.3, -0.25) is 9.59 Å². The molecule has 0 aliphatic carbocycles. The van der Waals surface area contributed by atoms with Gasteiger partial charge in [-0.25, -0.2) is 0 Å². The van der Waals surface area contributed by atoms with E-state index in [1.54, 1.807) is 43.5 Å². The van der Waals surface area contributed by atoms with Crippen LogP contribution in [-0.4, -0.2) is 18.9 Å². The number of benzene rings is 2. The van der Waals surface area contributed by atoms with Crippen LogP contribution in [0.1, 0.15) is 37.8 Å². The number of carbonyl (C=O) groups is 2. The van der Waals surface area contributed by atoms with Crippen LogP contribution in [0.3, 0.4) is 0 Å². The molecule has 0 unspecified atom stereocenters. The van der Waals surface area contributed by atoms with Gasteiger partial charge in [0.1, 0.15) is 11.5 Å². The molecule has 0 saturated carbocycles. The highest BCUT2D eigenvalue weighted by molar-refractivity contribution is 6.02. The van der Waals surface area contributed by atoms with Gasteiger partial charge < -0.3 is 19.8 Å². The van der Waals surface area contributed by atoms with Crippen molar-refractivity contribution >= 4 is 17.5 Å². The summed E-state index contributed by atoms with van der Waals surface area (Å²) in [6.45, 7) is 4.07. The lowest BCUT2D eigenvalue weighted by Gasteiger charge is -2.08. The molecule has 0 aliphatic rings. The molecule has 1 heterocycles. The standard InChI is InChI=1S/C22H22N2O4/c1-14-4-5-15(2)19(12-14)24-22(26)20-11-10-18(28-20)13-23-21(25)16-6-8-17(27-3)9-7-16/h4-12H,13H2,1-3H3,(H,23,25)(H,24,26). The Labute approximate surface area is 163 Å². The zero-order valence-corrected chi connectivity index (χ0v) is 16.0. The second kappa shape index (κ2) is 8.43. The lowest BCUT2D eigenvalue weighted by atomic mass is 10.1. The number of anilines is 1. The van der Waals surface area contributed by atoms with Gasteiger partial charge in [-0.1, -0.05) is 12.1 Å². The fourth-order valence-corrected chi connectivity index (χ4v) is 2.66. The lowest BCUT2D eigenvalue weighted by Crippen LogP contribution is -2.22. The molecule has 0 bridgehead atoms. The topological polar surface area (TPSA) is 80.6 Å². The normalized spacial score (nSPS) is 10.4. The summed E-state index contributed by atoms with van der Waals surface area (Å²) in [5, 5.41) is 5.62. The molecular weight excluding hydrogens is 356 g/mol. The molecule has 2 amide bonds. The Balaban J connectivity index is 1.59. The van der Waals surface area contributed by atoms with Crippen molar-refractivity contribution in [3.63, 3.8) is 0 Å². The molecule has 144 valence electrons. The van der Waals surface area contributed by atoms with E-state index in [0.717, 1.165) is 16.8 Å². The predicted molar refractivity (Wildman–Crippen MR) is 107 cm³/mol. The van der Waals surface area contributed by atoms with E-state index in [4.69, 9.17) is 9.15 Å². The van der Waals surface area contributed by atoms with Crippen LogP contribution in [-0.2, 0) is 6.54 Å². The molecule has 0 atom stereocenters. The summed E-state index contributed by atoms with van der Waals surface area (Å²) < 4.78 is 10.6. The quantitative estimate of drug-likeness (QED) is 0.677. The average Bonchev–Trinajstić information content (AvgIpc) is 3.18. The van der Waals surface area contributed by atoms with E-state index in [1.807, 2.05) is 32.0 Å². The Morgan fingerprint density at radius 3 is 2.43 bits per heavy atom. The van der Waals surface area contributed by atoms with Crippen molar-refractivity contribution in [2.75, 3.05) is 12.4 Å². The minimum atomic E-state index is -0.332. The lowest BCUT2D eigenvalue weighted by molar-refractivity contribution is 0.0948. The number of nitrogens with one attached hydrogen (secondary N) is 2. The number of carbonyl (C=O) groups excluding carboxylic acids is 2. The molecule has 3 rings (SSSR count). The molecule has 0 fully saturated rings. The summed E-state index contributed by atoms with van der Waals surface area (Å²) in [4.78, 5) is 24.6. The van der Waals surface area contributed by atoms with Gasteiger partial charge >= 0.3 is 0 Å². The predicted octanol–water partition coefficient (Wildman–Crippen LogP) is 4.09. The first-order chi connectivity index (χ1) is 13.5. The minimum absolute atomic E-state index is 0.182. The smallest absolute Gasteiger partial charge is 0.291 e. The first-order valence-corrected chi connectivity index (χ1v) is 8.86. The number of hydrogen-bond acceptors (Lipinski definition) is 4. The third-order valence-electron chi connectivity index (χ3n) is 4.30. The maximum Gasteiger partial charge on any atom is 0.291 e. The number of aryl methyl sites for hydroxylation is 2. The second-order valence-electron chi connectivity index (χ2n) is 6.45. The minimum Gasteiger partial charge on any atom is -0.497 e. The summed E-state index contributed by atoms with van der Waals surface area (Å²) in [7, 11) is 1.57. The second-order valence-corrected chi connectivity index (χ2v) is 6.45. The number of hydrogen-bond donors (Lipinski definition) is 2. The fourth-order valence-electron chi connectivity index (χ4n) is 2.66. The summed E-state index contributed by atoms with van der Waals surface area (Å²) in [5.74, 6) is 0.798. The van der Waals surface area contributed by atoms with Gasteiger partial charge in [0.15, 0.2) is 5.76 Å². The molecule has 1 aromatic heterocycles. The van der Waals surface area contributed by atoms with Crippen LogP contribution in [0.5, 0.6) is 5.75 Å². The molecule has 28 heavy (non-hydrogen) atoms. The highest BCUT2D eigenvalue weighted by Gasteiger charge is 2.13. The van der Waals surface area contributed by atoms with E-state index < -0.39 is 0 Å². The van der Waals surface area contributed by atoms with E-state index in [2.05, 4.69) is 10.6 Å². The number of rotatable bonds is 6. The van der Waals surface area contributed by atoms with Gasteiger partial charge in [0.05, 0.1) is 13.7 Å². The number of furan rings is 1. The van der Waals surface area contributed by atoms with Gasteiger partial charge in [0.25, 0.3) is 11.8 Å². The summed E-state index contributed by atoms with van der Waals surface area (Å²) in [6, 6.07) is 15.9. The van der Waals surface area contributed by atoms with Crippen molar-refractivity contribution in [3.8, 4) is 5.75 Å². The van der Waals surface area contributed by atoms with Crippen LogP contribution in [0, 0.1) is 13.8 Å². The Hall–Kier alpha value is -3.54. The van der Waals surface area contributed by atoms with Gasteiger partial charge in [0, 0.05) is 11.3 Å². The Kier molecular flexibility index (Phi) is 5.79. The van der Waals surface area contributed by atoms with Crippen molar-refractivity contribution in [2.45, 2.75) is 20.4 Å². The molecule has 0 aliphatic heterocycles. The average molecular weight is 378 g/mol. The summed E-state index contributed by atoms with van der Waals surface area (Å²) in [5.41, 5.74) is 3.29. The maximum absolute atomic E-state index is 12.4. The number of methoxy groups -OCH3 is 1. The highest BCUT2D eigenvalue weighted by Crippen LogP contribution is 2.18. The maximum atomic E-state index is 12.4. The Morgan fingerprint density at radius 1 is 0.964 bits per heavy atom. The zero-order chi connectivity index (χ0) is 20.1. The van der Waals surface area contributed by atoms with Crippen molar-refractivity contribution < 1.29 is 18.7 Å². The summed E-state index contributed by atoms with van der Waals surface area (Å²) >= 11 is 0. The van der Waals surface area contributed by atoms with Crippen LogP contribution < -0.4 is 15.4 Å². The largest absolute Gasteiger partial charge is 0.497 e. The number of ether oxygens (including phenoxy) is 1. The third kappa shape index (κ3) is 4.59. The third-order valence-corrected chi connectivity index (χ3v) is 4.30. The summed E-state index contributed by atoms with van der Waals surface area (Å²) in [6.07, 6.45) is 0. The van der Waals surface area contributed by atoms with Crippen molar-refractivity contribution in [3.05, 3.63) is 82.8 Å². The van der Waals surface area contributed by atoms with E-state index in [1.165, 1.54) is 0 Å². The van der Waals surface area contributed by atoms with Crippen molar-refractivity contribution in [2.24, 2.45) is 0 Å². The first-order valence-electron chi connectivity index (χ1n) is 8.86. The molecule has 2 aromatic carbocycles. The van der Waals surface area contributed by atoms with Crippen LogP contribution in [0.15, 0.2) is 59.0 Å². The van der Waals surface area contributed by atoms with Gasteiger partial charge in [-0.05, 0) is 67.4 Å². The zero-order valence-electron chi connectivity index (χ0n) is 16.0. The molecule has 0 saturated heterocycles. The number of amides is 2. The molecular formula is C22H22N2O4. The van der Waals surface area contributed by atoms with E-state index in [9.17, 15) is 9.59 Å².